The van der Waals surface area contributed by atoms with Gasteiger partial charge in [-0.1, -0.05) is 18.2 Å². The minimum absolute atomic E-state index is 0.103. The van der Waals surface area contributed by atoms with Crippen LogP contribution in [0.1, 0.15) is 49.4 Å². The third kappa shape index (κ3) is 4.53. The van der Waals surface area contributed by atoms with Crippen LogP contribution in [-0.2, 0) is 34.0 Å². The third-order valence-electron chi connectivity index (χ3n) is 5.95. The molecule has 0 aliphatic carbocycles. The van der Waals surface area contributed by atoms with Gasteiger partial charge in [0.1, 0.15) is 11.9 Å². The van der Waals surface area contributed by atoms with Crippen LogP contribution in [0.2, 0.25) is 0 Å². The highest BCUT2D eigenvalue weighted by Gasteiger charge is 2.39. The van der Waals surface area contributed by atoms with Crippen LogP contribution >= 0.6 is 0 Å². The number of fused-ring (bicyclic) bond motifs is 1. The molecule has 0 saturated carbocycles. The molecule has 0 bridgehead atoms. The van der Waals surface area contributed by atoms with Crippen molar-refractivity contribution in [3.63, 3.8) is 0 Å². The van der Waals surface area contributed by atoms with Crippen molar-refractivity contribution in [2.45, 2.75) is 38.4 Å². The molecule has 2 saturated heterocycles. The minimum atomic E-state index is -3.08. The van der Waals surface area contributed by atoms with Gasteiger partial charge in [-0.25, -0.2) is 4.39 Å². The smallest absolute Gasteiger partial charge is 0.255 e. The lowest BCUT2D eigenvalue weighted by atomic mass is 10.0. The molecule has 34 heavy (non-hydrogen) atoms. The number of piperidine rings is 1. The summed E-state index contributed by atoms with van der Waals surface area (Å²) in [6.45, 7) is 1.65. The van der Waals surface area contributed by atoms with E-state index in [-0.39, 0.29) is 48.4 Å². The van der Waals surface area contributed by atoms with Gasteiger partial charge in [-0.2, -0.15) is 0 Å². The molecule has 8 nitrogen and oxygen atoms in total. The quantitative estimate of drug-likeness (QED) is 0.624. The summed E-state index contributed by atoms with van der Waals surface area (Å²) in [4.78, 5) is 40.6. The van der Waals surface area contributed by atoms with E-state index in [4.69, 9.17) is 14.3 Å². The lowest BCUT2D eigenvalue weighted by molar-refractivity contribution is -0.136. The van der Waals surface area contributed by atoms with E-state index in [2.05, 4.69) is 5.32 Å². The molecular formula is C25H27FN4O4. The van der Waals surface area contributed by atoms with Crippen LogP contribution in [0, 0.1) is 5.82 Å². The summed E-state index contributed by atoms with van der Waals surface area (Å²) in [5.74, 6) is -4.26. The summed E-state index contributed by atoms with van der Waals surface area (Å²) in [5.41, 5.74) is 0.638. The van der Waals surface area contributed by atoms with E-state index in [0.29, 0.717) is 37.6 Å². The number of halogens is 1. The summed E-state index contributed by atoms with van der Waals surface area (Å²) in [6.07, 6.45) is -6.11. The fraction of sp³-hybridized carbons (Fsp3) is 0.400. The Hall–Kier alpha value is -3.30. The molecule has 0 unspecified atom stereocenters. The van der Waals surface area contributed by atoms with Crippen molar-refractivity contribution in [2.24, 2.45) is 0 Å². The average Bonchev–Trinajstić information content (AvgIpc) is 3.26. The van der Waals surface area contributed by atoms with Gasteiger partial charge < -0.3 is 15.0 Å². The van der Waals surface area contributed by atoms with E-state index >= 15 is 4.39 Å². The van der Waals surface area contributed by atoms with Gasteiger partial charge in [0.15, 0.2) is 0 Å². The van der Waals surface area contributed by atoms with Gasteiger partial charge in [-0.05, 0) is 30.1 Å². The van der Waals surface area contributed by atoms with E-state index in [1.165, 1.54) is 12.1 Å². The topological polar surface area (TPSA) is 91.0 Å². The normalized spacial score (nSPS) is 26.9. The number of hydrogen-bond donors (Lipinski definition) is 2. The van der Waals surface area contributed by atoms with Gasteiger partial charge in [-0.15, -0.1) is 0 Å². The van der Waals surface area contributed by atoms with Gasteiger partial charge in [0.05, 0.1) is 17.3 Å². The summed E-state index contributed by atoms with van der Waals surface area (Å²) in [5, 5.41) is 4.75. The van der Waals surface area contributed by atoms with Gasteiger partial charge in [0.2, 0.25) is 11.8 Å². The lowest BCUT2D eigenvalue weighted by Gasteiger charge is -2.29. The Morgan fingerprint density at radius 3 is 2.88 bits per heavy atom. The summed E-state index contributed by atoms with van der Waals surface area (Å²) in [7, 11) is 0. The van der Waals surface area contributed by atoms with Gasteiger partial charge in [0, 0.05) is 67.0 Å². The fourth-order valence-electron chi connectivity index (χ4n) is 4.17. The first-order chi connectivity index (χ1) is 19.3. The first kappa shape index (κ1) is 15.6. The van der Waals surface area contributed by atoms with E-state index in [0.717, 1.165) is 4.90 Å². The molecule has 0 aromatic heterocycles. The van der Waals surface area contributed by atoms with E-state index < -0.39 is 48.4 Å². The SMILES string of the molecule is [2H]c1c([2H])c(CNc2cccc3c2CN([C@H]2C(=O)NC(=O)C([2H])([2H])C2([2H])[2H])C3=O)c(F)c([2H])c1CN1CCOCC1. The number of carbonyl (C=O) groups is 3. The number of nitrogens with one attached hydrogen (secondary N) is 2. The van der Waals surface area contributed by atoms with Crippen molar-refractivity contribution in [3.05, 3.63) is 64.4 Å². The molecule has 2 aromatic rings. The maximum atomic E-state index is 15.3. The number of rotatable bonds is 6. The molecule has 2 N–H and O–H groups in total. The predicted octanol–water partition coefficient (Wildman–Crippen LogP) is 2.03. The Labute approximate surface area is 206 Å². The van der Waals surface area contributed by atoms with Crippen LogP contribution in [0.5, 0.6) is 0 Å². The van der Waals surface area contributed by atoms with Crippen LogP contribution in [0.3, 0.4) is 0 Å². The summed E-state index contributed by atoms with van der Waals surface area (Å²) in [6, 6.07) is 1.48. The number of nitrogens with zero attached hydrogens (tertiary/aromatic N) is 2. The number of ether oxygens (including phenoxy) is 1. The second-order valence-corrected chi connectivity index (χ2v) is 8.14. The molecule has 1 atom stereocenters. The summed E-state index contributed by atoms with van der Waals surface area (Å²) < 4.78 is 78.1. The van der Waals surface area contributed by atoms with Crippen LogP contribution in [0.4, 0.5) is 10.1 Å². The molecule has 3 amide bonds. The van der Waals surface area contributed by atoms with Gasteiger partial charge >= 0.3 is 0 Å². The van der Waals surface area contributed by atoms with Crippen molar-refractivity contribution in [2.75, 3.05) is 31.6 Å². The molecule has 3 aliphatic rings. The Bertz CT molecular complexity index is 1420. The highest BCUT2D eigenvalue weighted by molar-refractivity contribution is 6.06. The fourth-order valence-corrected chi connectivity index (χ4v) is 4.17. The predicted molar refractivity (Wildman–Crippen MR) is 122 cm³/mol. The van der Waals surface area contributed by atoms with Crippen LogP contribution in [-0.4, -0.2) is 59.9 Å². The number of benzene rings is 2. The second kappa shape index (κ2) is 9.52. The van der Waals surface area contributed by atoms with Crippen molar-refractivity contribution < 1.29 is 33.1 Å². The third-order valence-corrected chi connectivity index (χ3v) is 5.95. The zero-order chi connectivity index (χ0) is 29.9. The van der Waals surface area contributed by atoms with Crippen LogP contribution < -0.4 is 10.6 Å². The molecule has 178 valence electrons. The first-order valence-corrected chi connectivity index (χ1v) is 10.9. The minimum Gasteiger partial charge on any atom is -0.381 e. The van der Waals surface area contributed by atoms with E-state index in [1.807, 2.05) is 4.90 Å². The number of hydrogen-bond acceptors (Lipinski definition) is 6. The highest BCUT2D eigenvalue weighted by atomic mass is 19.1. The van der Waals surface area contributed by atoms with Crippen LogP contribution in [0.25, 0.3) is 0 Å². The van der Waals surface area contributed by atoms with Crippen molar-refractivity contribution in [3.8, 4) is 0 Å². The maximum Gasteiger partial charge on any atom is 0.255 e. The molecule has 3 heterocycles. The zero-order valence-corrected chi connectivity index (χ0v) is 18.2. The number of anilines is 1. The Morgan fingerprint density at radius 1 is 1.24 bits per heavy atom. The van der Waals surface area contributed by atoms with Gasteiger partial charge in [-0.3, -0.25) is 24.6 Å². The van der Waals surface area contributed by atoms with Crippen LogP contribution in [0.15, 0.2) is 36.3 Å². The molecule has 3 aliphatic heterocycles. The van der Waals surface area contributed by atoms with Crippen molar-refractivity contribution in [1.29, 1.82) is 0 Å². The Kier molecular flexibility index (Phi) is 4.36. The average molecular weight is 474 g/mol. The molecule has 0 radical (unpaired) electrons. The van der Waals surface area contributed by atoms with E-state index in [9.17, 15) is 14.4 Å². The number of amides is 3. The standard InChI is InChI=1S/C25H27FN4O4/c26-20-12-16(14-29-8-10-34-11-9-29)4-5-17(20)13-27-21-3-1-2-18-19(21)15-30(25(18)33)22-6-7-23(31)28-24(22)32/h1-5,12,22,27H,6-11,13-15H2,(H,28,31,32)/t22-/m1/s1/i4D,5D,6D2,7D2,12D. The second-order valence-electron chi connectivity index (χ2n) is 8.14. The van der Waals surface area contributed by atoms with Crippen molar-refractivity contribution in [1.82, 2.24) is 15.1 Å². The van der Waals surface area contributed by atoms with Gasteiger partial charge in [0.25, 0.3) is 5.91 Å². The van der Waals surface area contributed by atoms with Crippen molar-refractivity contribution >= 4 is 23.4 Å². The molecule has 9 heteroatoms. The Morgan fingerprint density at radius 2 is 2.06 bits per heavy atom. The lowest BCUT2D eigenvalue weighted by Crippen LogP contribution is -2.52. The molecule has 0 spiro atoms. The number of morpholine rings is 1. The maximum absolute atomic E-state index is 15.3. The summed E-state index contributed by atoms with van der Waals surface area (Å²) >= 11 is 0. The highest BCUT2D eigenvalue weighted by Crippen LogP contribution is 2.32. The number of carbonyl (C=O) groups excluding carboxylic acids is 3. The first-order valence-electron chi connectivity index (χ1n) is 14.4. The van der Waals surface area contributed by atoms with E-state index in [1.54, 1.807) is 11.4 Å². The zero-order valence-electron chi connectivity index (χ0n) is 25.2. The monoisotopic (exact) mass is 473 g/mol. The molecular weight excluding hydrogens is 439 g/mol. The number of imide groups is 1. The molecule has 5 rings (SSSR count). The Balaban J connectivity index is 1.40. The largest absolute Gasteiger partial charge is 0.381 e. The molecule has 2 aromatic carbocycles. The molecule has 2 fully saturated rings.